The normalized spacial score (nSPS) is 11.7. The Bertz CT molecular complexity index is 1610. The number of hydrogen-bond acceptors (Lipinski definition) is 5. The van der Waals surface area contributed by atoms with E-state index in [2.05, 4.69) is 15.4 Å². The molecule has 164 valence electrons. The minimum Gasteiger partial charge on any atom is -0.348 e. The monoisotopic (exact) mass is 456 g/mol. The van der Waals surface area contributed by atoms with E-state index in [4.69, 9.17) is 0 Å². The second kappa shape index (κ2) is 8.14. The summed E-state index contributed by atoms with van der Waals surface area (Å²) in [5.74, 6) is -0.208. The van der Waals surface area contributed by atoms with Gasteiger partial charge in [-0.05, 0) is 47.3 Å². The first-order valence-electron chi connectivity index (χ1n) is 10.3. The van der Waals surface area contributed by atoms with Gasteiger partial charge in [-0.3, -0.25) is 14.5 Å². The molecule has 33 heavy (non-hydrogen) atoms. The summed E-state index contributed by atoms with van der Waals surface area (Å²) < 4.78 is 28.1. The van der Waals surface area contributed by atoms with Crippen molar-refractivity contribution in [2.75, 3.05) is 0 Å². The predicted octanol–water partition coefficient (Wildman–Crippen LogP) is 3.88. The first kappa shape index (κ1) is 20.8. The fourth-order valence-electron chi connectivity index (χ4n) is 3.84. The number of carbonyl (C=O) groups is 1. The van der Waals surface area contributed by atoms with Crippen molar-refractivity contribution in [3.8, 4) is 0 Å². The van der Waals surface area contributed by atoms with Crippen molar-refractivity contribution in [2.45, 2.75) is 16.3 Å². The van der Waals surface area contributed by atoms with Gasteiger partial charge in [0.15, 0.2) is 0 Å². The third-order valence-corrected chi connectivity index (χ3v) is 7.40. The average Bonchev–Trinajstić information content (AvgIpc) is 3.23. The molecule has 0 radical (unpaired) electrons. The van der Waals surface area contributed by atoms with Crippen LogP contribution in [0.15, 0.2) is 95.1 Å². The average molecular weight is 457 g/mol. The molecule has 5 rings (SSSR count). The number of nitrogens with one attached hydrogen (secondary N) is 1. The third kappa shape index (κ3) is 3.85. The van der Waals surface area contributed by atoms with Crippen molar-refractivity contribution in [1.29, 1.82) is 0 Å². The number of para-hydroxylation sites is 1. The van der Waals surface area contributed by atoms with Crippen LogP contribution in [-0.4, -0.2) is 29.1 Å². The summed E-state index contributed by atoms with van der Waals surface area (Å²) in [4.78, 5) is 17.1. The lowest BCUT2D eigenvalue weighted by Crippen LogP contribution is -2.22. The lowest BCUT2D eigenvalue weighted by atomic mass is 10.1. The summed E-state index contributed by atoms with van der Waals surface area (Å²) in [6.07, 6.45) is 5.08. The van der Waals surface area contributed by atoms with E-state index >= 15 is 0 Å². The van der Waals surface area contributed by atoms with E-state index in [1.165, 1.54) is 0 Å². The van der Waals surface area contributed by atoms with Gasteiger partial charge in [-0.2, -0.15) is 5.10 Å². The van der Waals surface area contributed by atoms with Crippen molar-refractivity contribution in [1.82, 2.24) is 20.1 Å². The second-order valence-electron chi connectivity index (χ2n) is 7.73. The molecule has 3 aromatic carbocycles. The van der Waals surface area contributed by atoms with E-state index in [-0.39, 0.29) is 22.2 Å². The van der Waals surface area contributed by atoms with Gasteiger partial charge in [0.2, 0.25) is 9.84 Å². The van der Waals surface area contributed by atoms with Gasteiger partial charge in [0.05, 0.1) is 21.5 Å². The number of benzene rings is 3. The minimum atomic E-state index is -3.72. The van der Waals surface area contributed by atoms with E-state index in [0.29, 0.717) is 11.1 Å². The quantitative estimate of drug-likeness (QED) is 0.433. The van der Waals surface area contributed by atoms with Crippen LogP contribution in [0.2, 0.25) is 0 Å². The Morgan fingerprint density at radius 1 is 0.939 bits per heavy atom. The lowest BCUT2D eigenvalue weighted by Gasteiger charge is -2.09. The maximum absolute atomic E-state index is 13.3. The van der Waals surface area contributed by atoms with Gasteiger partial charge in [-0.15, -0.1) is 0 Å². The van der Waals surface area contributed by atoms with Gasteiger partial charge >= 0.3 is 0 Å². The number of aryl methyl sites for hydroxylation is 1. The largest absolute Gasteiger partial charge is 0.348 e. The lowest BCUT2D eigenvalue weighted by molar-refractivity contribution is 0.0951. The smallest absolute Gasteiger partial charge is 0.251 e. The van der Waals surface area contributed by atoms with Gasteiger partial charge in [0, 0.05) is 42.3 Å². The highest BCUT2D eigenvalue weighted by atomic mass is 32.2. The Morgan fingerprint density at radius 3 is 2.58 bits per heavy atom. The van der Waals surface area contributed by atoms with Crippen LogP contribution in [0.4, 0.5) is 0 Å². The molecule has 5 aromatic rings. The van der Waals surface area contributed by atoms with Crippen LogP contribution in [0, 0.1) is 0 Å². The highest BCUT2D eigenvalue weighted by molar-refractivity contribution is 7.91. The van der Waals surface area contributed by atoms with Crippen LogP contribution < -0.4 is 5.32 Å². The summed E-state index contributed by atoms with van der Waals surface area (Å²) in [6, 6.07) is 19.0. The molecule has 0 aliphatic carbocycles. The van der Waals surface area contributed by atoms with Gasteiger partial charge in [0.1, 0.15) is 0 Å². The topological polar surface area (TPSA) is 94.0 Å². The van der Waals surface area contributed by atoms with Crippen LogP contribution in [0.25, 0.3) is 21.7 Å². The standard InChI is InChI=1S/C25H20N4O3S/c1-29-24-20(16-28-29)3-2-4-23(24)33(31,32)22-9-5-17(6-10-22)14-27-25(30)19-8-7-18-11-12-26-15-21(18)13-19/h2-13,15-16H,14H2,1H3,(H,27,30). The van der Waals surface area contributed by atoms with E-state index in [0.717, 1.165) is 21.7 Å². The van der Waals surface area contributed by atoms with E-state index in [1.807, 2.05) is 18.2 Å². The van der Waals surface area contributed by atoms with Crippen molar-refractivity contribution in [3.63, 3.8) is 0 Å². The molecule has 1 N–H and O–H groups in total. The number of aromatic nitrogens is 3. The van der Waals surface area contributed by atoms with Crippen LogP contribution in [0.5, 0.6) is 0 Å². The summed E-state index contributed by atoms with van der Waals surface area (Å²) >= 11 is 0. The molecule has 7 nitrogen and oxygen atoms in total. The number of sulfone groups is 1. The number of carbonyl (C=O) groups excluding carboxylic acids is 1. The zero-order valence-corrected chi connectivity index (χ0v) is 18.6. The summed E-state index contributed by atoms with van der Waals surface area (Å²) in [5, 5.41) is 9.72. The summed E-state index contributed by atoms with van der Waals surface area (Å²) in [7, 11) is -2.00. The number of rotatable bonds is 5. The van der Waals surface area contributed by atoms with Crippen molar-refractivity contribution >= 4 is 37.4 Å². The molecule has 0 aliphatic heterocycles. The molecule has 0 saturated heterocycles. The van der Waals surface area contributed by atoms with Gasteiger partial charge in [0.25, 0.3) is 5.91 Å². The first-order valence-corrected chi connectivity index (χ1v) is 11.8. The van der Waals surface area contributed by atoms with Crippen LogP contribution in [-0.2, 0) is 23.4 Å². The van der Waals surface area contributed by atoms with E-state index in [9.17, 15) is 13.2 Å². The Kier molecular flexibility index (Phi) is 5.14. The predicted molar refractivity (Wildman–Crippen MR) is 126 cm³/mol. The van der Waals surface area contributed by atoms with Crippen molar-refractivity contribution in [3.05, 3.63) is 96.4 Å². The van der Waals surface area contributed by atoms with E-state index < -0.39 is 9.84 Å². The number of nitrogens with zero attached hydrogens (tertiary/aromatic N) is 3. The van der Waals surface area contributed by atoms with Gasteiger partial charge in [-0.25, -0.2) is 8.42 Å². The minimum absolute atomic E-state index is 0.188. The zero-order valence-electron chi connectivity index (χ0n) is 17.8. The Balaban J connectivity index is 1.34. The fraction of sp³-hybridized carbons (Fsp3) is 0.0800. The third-order valence-electron chi connectivity index (χ3n) is 5.60. The number of pyridine rings is 1. The molecule has 2 aromatic heterocycles. The molecular weight excluding hydrogens is 436 g/mol. The SMILES string of the molecule is Cn1ncc2cccc(S(=O)(=O)c3ccc(CNC(=O)c4ccc5ccncc5c4)cc3)c21. The number of hydrogen-bond donors (Lipinski definition) is 1. The molecule has 0 bridgehead atoms. The molecule has 2 heterocycles. The maximum atomic E-state index is 13.3. The van der Waals surface area contributed by atoms with Crippen LogP contribution in [0.1, 0.15) is 15.9 Å². The molecular formula is C25H20N4O3S. The fourth-order valence-corrected chi connectivity index (χ4v) is 5.35. The molecule has 0 fully saturated rings. The Hall–Kier alpha value is -4.04. The summed E-state index contributed by atoms with van der Waals surface area (Å²) in [5.41, 5.74) is 1.90. The van der Waals surface area contributed by atoms with E-state index in [1.54, 1.807) is 78.9 Å². The highest BCUT2D eigenvalue weighted by Crippen LogP contribution is 2.28. The van der Waals surface area contributed by atoms with Crippen LogP contribution >= 0.6 is 0 Å². The molecule has 0 unspecified atom stereocenters. The molecule has 8 heteroatoms. The zero-order chi connectivity index (χ0) is 23.0. The number of amides is 1. The highest BCUT2D eigenvalue weighted by Gasteiger charge is 2.22. The molecule has 0 saturated carbocycles. The molecule has 0 spiro atoms. The Labute approximate surface area is 190 Å². The van der Waals surface area contributed by atoms with Crippen molar-refractivity contribution in [2.24, 2.45) is 7.05 Å². The number of fused-ring (bicyclic) bond motifs is 2. The van der Waals surface area contributed by atoms with Crippen LogP contribution in [0.3, 0.4) is 0 Å². The molecule has 0 aliphatic rings. The first-order chi connectivity index (χ1) is 15.9. The van der Waals surface area contributed by atoms with Crippen molar-refractivity contribution < 1.29 is 13.2 Å². The van der Waals surface area contributed by atoms with Gasteiger partial charge < -0.3 is 5.32 Å². The summed E-state index contributed by atoms with van der Waals surface area (Å²) in [6.45, 7) is 0.279. The second-order valence-corrected chi connectivity index (χ2v) is 9.65. The maximum Gasteiger partial charge on any atom is 0.251 e. The van der Waals surface area contributed by atoms with Gasteiger partial charge in [-0.1, -0.05) is 30.3 Å². The molecule has 1 amide bonds. The Morgan fingerprint density at radius 2 is 1.76 bits per heavy atom. The molecule has 0 atom stereocenters.